The number of nitrogen functional groups attached to an aromatic ring is 1. The van der Waals surface area contributed by atoms with Gasteiger partial charge >= 0.3 is 0 Å². The second kappa shape index (κ2) is 6.35. The van der Waals surface area contributed by atoms with Gasteiger partial charge in [-0.2, -0.15) is 0 Å². The van der Waals surface area contributed by atoms with Crippen LogP contribution in [0.2, 0.25) is 0 Å². The normalized spacial score (nSPS) is 11.3. The number of hydrogen-bond donors (Lipinski definition) is 2. The lowest BCUT2D eigenvalue weighted by Crippen LogP contribution is -2.28. The lowest BCUT2D eigenvalue weighted by Gasteiger charge is -2.16. The summed E-state index contributed by atoms with van der Waals surface area (Å²) >= 11 is 0. The number of ether oxygens (including phenoxy) is 1. The van der Waals surface area contributed by atoms with E-state index in [0.717, 1.165) is 31.9 Å². The zero-order chi connectivity index (χ0) is 13.7. The topological polar surface area (TPSA) is 80.7 Å². The van der Waals surface area contributed by atoms with Crippen LogP contribution < -0.4 is 11.1 Å². The molecule has 19 heavy (non-hydrogen) atoms. The molecule has 0 fully saturated rings. The summed E-state index contributed by atoms with van der Waals surface area (Å²) in [6.07, 6.45) is 5.33. The highest BCUT2D eigenvalue weighted by molar-refractivity contribution is 5.64. The third-order valence-corrected chi connectivity index (χ3v) is 2.86. The van der Waals surface area contributed by atoms with Gasteiger partial charge in [0.1, 0.15) is 5.82 Å². The van der Waals surface area contributed by atoms with E-state index in [1.807, 2.05) is 10.6 Å². The molecule has 2 rings (SSSR count). The van der Waals surface area contributed by atoms with Crippen molar-refractivity contribution in [3.8, 4) is 0 Å². The number of imidazole rings is 1. The van der Waals surface area contributed by atoms with Gasteiger partial charge in [0, 0.05) is 39.1 Å². The molecule has 2 heterocycles. The Morgan fingerprint density at radius 3 is 3.11 bits per heavy atom. The fraction of sp³-hybridized carbons (Fsp3) is 0.500. The first-order chi connectivity index (χ1) is 9.20. The number of hydrogen-bond acceptors (Lipinski definition) is 6. The average molecular weight is 264 g/mol. The number of nitrogens with one attached hydrogen (secondary N) is 1. The minimum atomic E-state index is 0.473. The Kier molecular flexibility index (Phi) is 4.53. The molecule has 0 bridgehead atoms. The van der Waals surface area contributed by atoms with Gasteiger partial charge < -0.3 is 25.1 Å². The molecular formula is C12H20N6O. The highest BCUT2D eigenvalue weighted by atomic mass is 16.5. The molecule has 0 atom stereocenters. The second-order valence-corrected chi connectivity index (χ2v) is 4.40. The minimum Gasteiger partial charge on any atom is -0.383 e. The molecule has 104 valence electrons. The van der Waals surface area contributed by atoms with Gasteiger partial charge in [-0.1, -0.05) is 0 Å². The third-order valence-electron chi connectivity index (χ3n) is 2.86. The van der Waals surface area contributed by atoms with Crippen LogP contribution in [0.5, 0.6) is 0 Å². The van der Waals surface area contributed by atoms with Gasteiger partial charge in [0.05, 0.1) is 12.8 Å². The molecule has 0 unspecified atom stereocenters. The number of likely N-dealkylation sites (N-methyl/N-ethyl adjacent to an activating group) is 1. The maximum atomic E-state index is 5.75. The first kappa shape index (κ1) is 13.6. The van der Waals surface area contributed by atoms with Crippen molar-refractivity contribution in [3.05, 3.63) is 18.6 Å². The average Bonchev–Trinajstić information content (AvgIpc) is 2.84. The van der Waals surface area contributed by atoms with Gasteiger partial charge in [0.25, 0.3) is 0 Å². The number of fused-ring (bicyclic) bond motifs is 1. The lowest BCUT2D eigenvalue weighted by atomic mass is 10.5. The smallest absolute Gasteiger partial charge is 0.180 e. The van der Waals surface area contributed by atoms with Crippen molar-refractivity contribution >= 4 is 17.3 Å². The largest absolute Gasteiger partial charge is 0.383 e. The van der Waals surface area contributed by atoms with Crippen LogP contribution in [0.1, 0.15) is 0 Å². The Morgan fingerprint density at radius 1 is 1.47 bits per heavy atom. The van der Waals surface area contributed by atoms with Crippen LogP contribution in [0.4, 0.5) is 11.6 Å². The molecule has 2 aromatic rings. The lowest BCUT2D eigenvalue weighted by molar-refractivity contribution is 0.163. The SMILES string of the molecule is COCCN(C)CCNc1nc(N)cn2ccnc12. The molecule has 7 nitrogen and oxygen atoms in total. The molecule has 0 aromatic carbocycles. The molecule has 0 aliphatic carbocycles. The summed E-state index contributed by atoms with van der Waals surface area (Å²) in [6, 6.07) is 0. The van der Waals surface area contributed by atoms with E-state index in [2.05, 4.69) is 27.2 Å². The summed E-state index contributed by atoms with van der Waals surface area (Å²) in [7, 11) is 3.76. The first-order valence-corrected chi connectivity index (χ1v) is 6.21. The maximum Gasteiger partial charge on any atom is 0.180 e. The molecule has 0 spiro atoms. The number of rotatable bonds is 7. The molecule has 0 saturated carbocycles. The van der Waals surface area contributed by atoms with E-state index in [0.29, 0.717) is 11.6 Å². The molecule has 3 N–H and O–H groups in total. The summed E-state index contributed by atoms with van der Waals surface area (Å²) in [6.45, 7) is 3.31. The Bertz CT molecular complexity index is 526. The third kappa shape index (κ3) is 3.55. The van der Waals surface area contributed by atoms with Gasteiger partial charge in [-0.3, -0.25) is 0 Å². The van der Waals surface area contributed by atoms with E-state index >= 15 is 0 Å². The summed E-state index contributed by atoms with van der Waals surface area (Å²) in [5.74, 6) is 1.19. The van der Waals surface area contributed by atoms with Crippen molar-refractivity contribution < 1.29 is 4.74 Å². The van der Waals surface area contributed by atoms with E-state index < -0.39 is 0 Å². The quantitative estimate of drug-likeness (QED) is 0.748. The van der Waals surface area contributed by atoms with Crippen molar-refractivity contribution in [2.75, 3.05) is 51.4 Å². The van der Waals surface area contributed by atoms with Crippen LogP contribution in [0.25, 0.3) is 5.65 Å². The molecule has 0 amide bonds. The fourth-order valence-electron chi connectivity index (χ4n) is 1.79. The minimum absolute atomic E-state index is 0.473. The molecule has 0 aliphatic heterocycles. The van der Waals surface area contributed by atoms with Gasteiger partial charge in [-0.25, -0.2) is 9.97 Å². The predicted octanol–water partition coefficient (Wildman–Crippen LogP) is 0.302. The molecule has 7 heteroatoms. The Hall–Kier alpha value is -1.86. The molecule has 2 aromatic heterocycles. The van der Waals surface area contributed by atoms with Crippen molar-refractivity contribution in [1.82, 2.24) is 19.3 Å². The standard InChI is InChI=1S/C12H20N6O/c1-17(7-8-19-2)5-3-14-11-12-15-4-6-18(12)9-10(13)16-11/h4,6,9H,3,5,7-8,13H2,1-2H3,(H,14,16). The molecular weight excluding hydrogens is 244 g/mol. The van der Waals surface area contributed by atoms with E-state index in [1.54, 1.807) is 19.5 Å². The summed E-state index contributed by atoms with van der Waals surface area (Å²) in [5, 5.41) is 3.26. The van der Waals surface area contributed by atoms with E-state index in [-0.39, 0.29) is 0 Å². The van der Waals surface area contributed by atoms with E-state index in [9.17, 15) is 0 Å². The zero-order valence-electron chi connectivity index (χ0n) is 11.3. The van der Waals surface area contributed by atoms with Gasteiger partial charge in [-0.05, 0) is 7.05 Å². The highest BCUT2D eigenvalue weighted by Gasteiger charge is 2.06. The second-order valence-electron chi connectivity index (χ2n) is 4.40. The highest BCUT2D eigenvalue weighted by Crippen LogP contribution is 2.13. The van der Waals surface area contributed by atoms with Gasteiger partial charge in [-0.15, -0.1) is 0 Å². The van der Waals surface area contributed by atoms with Crippen LogP contribution in [-0.2, 0) is 4.74 Å². The molecule has 0 saturated heterocycles. The monoisotopic (exact) mass is 264 g/mol. The molecule has 0 aliphatic rings. The van der Waals surface area contributed by atoms with E-state index in [4.69, 9.17) is 10.5 Å². The fourth-order valence-corrected chi connectivity index (χ4v) is 1.79. The summed E-state index contributed by atoms with van der Waals surface area (Å²) in [5.41, 5.74) is 6.54. The first-order valence-electron chi connectivity index (χ1n) is 6.21. The van der Waals surface area contributed by atoms with Crippen LogP contribution in [0, 0.1) is 0 Å². The Balaban J connectivity index is 1.92. The van der Waals surface area contributed by atoms with Crippen LogP contribution in [0.3, 0.4) is 0 Å². The molecule has 0 radical (unpaired) electrons. The number of methoxy groups -OCH3 is 1. The predicted molar refractivity (Wildman–Crippen MR) is 75.3 cm³/mol. The van der Waals surface area contributed by atoms with Crippen molar-refractivity contribution in [3.63, 3.8) is 0 Å². The Labute approximate surface area is 112 Å². The number of anilines is 2. The van der Waals surface area contributed by atoms with Crippen LogP contribution in [0.15, 0.2) is 18.6 Å². The summed E-state index contributed by atoms with van der Waals surface area (Å²) in [4.78, 5) is 10.7. The van der Waals surface area contributed by atoms with Crippen molar-refractivity contribution in [2.24, 2.45) is 0 Å². The Morgan fingerprint density at radius 2 is 2.32 bits per heavy atom. The van der Waals surface area contributed by atoms with Crippen LogP contribution >= 0.6 is 0 Å². The van der Waals surface area contributed by atoms with Crippen LogP contribution in [-0.4, -0.2) is 59.7 Å². The number of nitrogens with two attached hydrogens (primary N) is 1. The number of aromatic nitrogens is 3. The summed E-state index contributed by atoms with van der Waals surface area (Å²) < 4.78 is 6.90. The van der Waals surface area contributed by atoms with Gasteiger partial charge in [0.2, 0.25) is 0 Å². The zero-order valence-corrected chi connectivity index (χ0v) is 11.3. The van der Waals surface area contributed by atoms with Gasteiger partial charge in [0.15, 0.2) is 11.5 Å². The maximum absolute atomic E-state index is 5.75. The number of nitrogens with zero attached hydrogens (tertiary/aromatic N) is 4. The van der Waals surface area contributed by atoms with Crippen molar-refractivity contribution in [1.29, 1.82) is 0 Å². The van der Waals surface area contributed by atoms with Crippen molar-refractivity contribution in [2.45, 2.75) is 0 Å². The van der Waals surface area contributed by atoms with E-state index in [1.165, 1.54) is 0 Å².